The van der Waals surface area contributed by atoms with Crippen molar-refractivity contribution in [1.29, 1.82) is 0 Å². The van der Waals surface area contributed by atoms with E-state index in [0.717, 1.165) is 12.1 Å². The van der Waals surface area contributed by atoms with Crippen molar-refractivity contribution < 1.29 is 41.1 Å². The number of esters is 1. The van der Waals surface area contributed by atoms with Crippen LogP contribution >= 0.6 is 11.6 Å². The predicted molar refractivity (Wildman–Crippen MR) is 88.2 cm³/mol. The van der Waals surface area contributed by atoms with Crippen LogP contribution in [0.5, 0.6) is 0 Å². The normalized spacial score (nSPS) is 33.9. The highest BCUT2D eigenvalue weighted by atomic mass is 35.5. The van der Waals surface area contributed by atoms with E-state index < -0.39 is 58.5 Å². The first kappa shape index (κ1) is 21.0. The van der Waals surface area contributed by atoms with Gasteiger partial charge in [0.2, 0.25) is 5.91 Å². The van der Waals surface area contributed by atoms with Gasteiger partial charge >= 0.3 is 29.6 Å². The summed E-state index contributed by atoms with van der Waals surface area (Å²) in [5.74, 6) is -17.4. The van der Waals surface area contributed by atoms with Crippen LogP contribution in [0.1, 0.15) is 16.8 Å². The first-order chi connectivity index (χ1) is 13.4. The largest absolute Gasteiger partial charge is 0.415 e. The van der Waals surface area contributed by atoms with Crippen LogP contribution in [0.3, 0.4) is 0 Å². The molecule has 0 bridgehead atoms. The number of nitrogens with one attached hydrogen (secondary N) is 1. The number of imide groups is 1. The van der Waals surface area contributed by atoms with Gasteiger partial charge in [-0.2, -0.15) is 13.2 Å². The molecular formula is C17H12ClF5N2O4. The number of halogens is 6. The molecule has 0 saturated carbocycles. The van der Waals surface area contributed by atoms with E-state index in [4.69, 9.17) is 11.6 Å². The molecule has 0 spiro atoms. The number of nitrogens with zero attached hydrogens (tertiary/aromatic N) is 1. The van der Waals surface area contributed by atoms with E-state index in [1.807, 2.05) is 0 Å². The quantitative estimate of drug-likeness (QED) is 0.258. The van der Waals surface area contributed by atoms with Gasteiger partial charge in [-0.3, -0.25) is 15.0 Å². The zero-order valence-electron chi connectivity index (χ0n) is 14.3. The lowest BCUT2D eigenvalue weighted by atomic mass is 9.86. The molecule has 156 valence electrons. The SMILES string of the molecule is O=C1CCN(C2(F)C(F)(Cl)C=CC(F)(OC(=O)c3ccccc3)C2(F)F)C(=O)N1. The third-order valence-corrected chi connectivity index (χ3v) is 4.85. The van der Waals surface area contributed by atoms with Gasteiger partial charge in [0.05, 0.1) is 5.56 Å². The Bertz CT molecular complexity index is 897. The van der Waals surface area contributed by atoms with E-state index >= 15 is 17.6 Å². The van der Waals surface area contributed by atoms with Gasteiger partial charge in [0.15, 0.2) is 0 Å². The van der Waals surface area contributed by atoms with Gasteiger partial charge in [-0.15, -0.1) is 0 Å². The molecule has 1 aliphatic heterocycles. The average molecular weight is 439 g/mol. The number of alkyl halides is 6. The zero-order chi connectivity index (χ0) is 21.7. The molecule has 12 heteroatoms. The number of amides is 3. The highest BCUT2D eigenvalue weighted by molar-refractivity contribution is 6.25. The van der Waals surface area contributed by atoms with Crippen molar-refractivity contribution in [3.05, 3.63) is 48.0 Å². The molecule has 3 unspecified atom stereocenters. The van der Waals surface area contributed by atoms with Gasteiger partial charge in [0.25, 0.3) is 5.13 Å². The van der Waals surface area contributed by atoms with Gasteiger partial charge in [0, 0.05) is 13.0 Å². The number of carbonyl (C=O) groups is 3. The molecule has 1 aliphatic carbocycles. The maximum atomic E-state index is 15.6. The molecule has 1 heterocycles. The first-order valence-corrected chi connectivity index (χ1v) is 8.47. The Morgan fingerprint density at radius 3 is 2.28 bits per heavy atom. The number of ether oxygens (including phenoxy) is 1. The van der Waals surface area contributed by atoms with Crippen molar-refractivity contribution in [1.82, 2.24) is 10.2 Å². The molecule has 1 saturated heterocycles. The van der Waals surface area contributed by atoms with E-state index in [-0.39, 0.29) is 17.7 Å². The third kappa shape index (κ3) is 3.04. The molecule has 1 aromatic rings. The summed E-state index contributed by atoms with van der Waals surface area (Å²) in [5.41, 5.74) is -0.345. The molecule has 6 nitrogen and oxygen atoms in total. The molecule has 1 fully saturated rings. The zero-order valence-corrected chi connectivity index (χ0v) is 15.1. The number of hydrogen-bond donors (Lipinski definition) is 1. The molecule has 0 radical (unpaired) electrons. The summed E-state index contributed by atoms with van der Waals surface area (Å²) < 4.78 is 79.6. The lowest BCUT2D eigenvalue weighted by molar-refractivity contribution is -0.329. The second-order valence-electron chi connectivity index (χ2n) is 6.31. The molecule has 3 rings (SSSR count). The van der Waals surface area contributed by atoms with Crippen LogP contribution in [0.2, 0.25) is 0 Å². The molecule has 1 aromatic carbocycles. The molecule has 3 amide bonds. The number of urea groups is 1. The van der Waals surface area contributed by atoms with Crippen molar-refractivity contribution in [2.24, 2.45) is 0 Å². The minimum absolute atomic E-state index is 0.117. The number of rotatable bonds is 3. The van der Waals surface area contributed by atoms with Crippen LogP contribution in [-0.4, -0.2) is 52.1 Å². The fraction of sp³-hybridized carbons (Fsp3) is 0.353. The second-order valence-corrected chi connectivity index (χ2v) is 6.86. The standard InChI is InChI=1S/C17H12ClF5N2O4/c18-14(19)7-8-15(20,29-12(27)10-4-2-1-3-5-10)16(21,22)17(14,23)25-9-6-11(26)24-13(25)28/h1-5,7-8H,6,9H2,(H,24,26,28). The molecule has 1 N–H and O–H groups in total. The fourth-order valence-corrected chi connectivity index (χ4v) is 3.22. The fourth-order valence-electron chi connectivity index (χ4n) is 2.94. The van der Waals surface area contributed by atoms with Crippen molar-refractivity contribution in [2.75, 3.05) is 6.54 Å². The van der Waals surface area contributed by atoms with Gasteiger partial charge in [-0.25, -0.2) is 18.4 Å². The monoisotopic (exact) mass is 438 g/mol. The smallest absolute Gasteiger partial charge is 0.376 e. The maximum Gasteiger partial charge on any atom is 0.376 e. The number of benzene rings is 1. The van der Waals surface area contributed by atoms with E-state index in [0.29, 0.717) is 0 Å². The lowest BCUT2D eigenvalue weighted by Gasteiger charge is -2.51. The van der Waals surface area contributed by atoms with Crippen LogP contribution in [0.25, 0.3) is 0 Å². The highest BCUT2D eigenvalue weighted by Gasteiger charge is 2.83. The Labute approximate surface area is 165 Å². The Morgan fingerprint density at radius 2 is 1.69 bits per heavy atom. The van der Waals surface area contributed by atoms with Crippen molar-refractivity contribution in [3.8, 4) is 0 Å². The van der Waals surface area contributed by atoms with Crippen molar-refractivity contribution in [3.63, 3.8) is 0 Å². The Kier molecular flexibility index (Phi) is 4.85. The topological polar surface area (TPSA) is 75.7 Å². The van der Waals surface area contributed by atoms with Gasteiger partial charge in [-0.05, 0) is 24.3 Å². The lowest BCUT2D eigenvalue weighted by Crippen LogP contribution is -2.77. The highest BCUT2D eigenvalue weighted by Crippen LogP contribution is 2.58. The van der Waals surface area contributed by atoms with E-state index in [1.54, 1.807) is 0 Å². The Balaban J connectivity index is 2.04. The summed E-state index contributed by atoms with van der Waals surface area (Å²) in [6, 6.07) is 4.61. The van der Waals surface area contributed by atoms with Crippen LogP contribution in [-0.2, 0) is 9.53 Å². The minimum atomic E-state index is -5.51. The first-order valence-electron chi connectivity index (χ1n) is 8.09. The second kappa shape index (κ2) is 6.68. The minimum Gasteiger partial charge on any atom is -0.415 e. The van der Waals surface area contributed by atoms with Crippen molar-refractivity contribution in [2.45, 2.75) is 29.1 Å². The molecule has 2 aliphatic rings. The van der Waals surface area contributed by atoms with Crippen LogP contribution < -0.4 is 5.32 Å². The van der Waals surface area contributed by atoms with Crippen LogP contribution in [0.15, 0.2) is 42.5 Å². The number of carbonyl (C=O) groups excluding carboxylic acids is 3. The summed E-state index contributed by atoms with van der Waals surface area (Å²) in [6.07, 6.45) is -1.02. The average Bonchev–Trinajstić information content (AvgIpc) is 2.65. The molecular weight excluding hydrogens is 427 g/mol. The summed E-state index contributed by atoms with van der Waals surface area (Å²) in [4.78, 5) is 34.7. The Hall–Kier alpha value is -2.69. The Morgan fingerprint density at radius 1 is 1.07 bits per heavy atom. The van der Waals surface area contributed by atoms with E-state index in [2.05, 4.69) is 4.74 Å². The number of hydrogen-bond acceptors (Lipinski definition) is 4. The van der Waals surface area contributed by atoms with Gasteiger partial charge in [0.1, 0.15) is 0 Å². The van der Waals surface area contributed by atoms with E-state index in [1.165, 1.54) is 23.5 Å². The molecule has 29 heavy (non-hydrogen) atoms. The summed E-state index contributed by atoms with van der Waals surface area (Å²) in [5, 5.41) is -2.59. The van der Waals surface area contributed by atoms with Crippen molar-refractivity contribution >= 4 is 29.5 Å². The van der Waals surface area contributed by atoms with Crippen LogP contribution in [0, 0.1) is 0 Å². The maximum absolute atomic E-state index is 15.6. The molecule has 3 atom stereocenters. The van der Waals surface area contributed by atoms with Gasteiger partial charge in [-0.1, -0.05) is 29.8 Å². The van der Waals surface area contributed by atoms with Gasteiger partial charge < -0.3 is 4.74 Å². The predicted octanol–water partition coefficient (Wildman–Crippen LogP) is 3.23. The summed E-state index contributed by atoms with van der Waals surface area (Å²) in [7, 11) is 0. The summed E-state index contributed by atoms with van der Waals surface area (Å²) >= 11 is 5.26. The molecule has 0 aromatic heterocycles. The third-order valence-electron chi connectivity index (χ3n) is 4.47. The van der Waals surface area contributed by atoms with Crippen LogP contribution in [0.4, 0.5) is 26.7 Å². The van der Waals surface area contributed by atoms with E-state index in [9.17, 15) is 18.8 Å². The summed E-state index contributed by atoms with van der Waals surface area (Å²) in [6.45, 7) is -1.02.